The first-order chi connectivity index (χ1) is 7.81. The van der Waals surface area contributed by atoms with Gasteiger partial charge in [0.25, 0.3) is 0 Å². The minimum absolute atomic E-state index is 0.295. The fraction of sp³-hybridized carbons (Fsp3) is 0.333. The third-order valence-electron chi connectivity index (χ3n) is 2.49. The van der Waals surface area contributed by atoms with Crippen molar-refractivity contribution in [2.75, 3.05) is 0 Å². The number of hydrogen-bond donors (Lipinski definition) is 1. The van der Waals surface area contributed by atoms with Crippen LogP contribution < -0.4 is 5.32 Å². The molecule has 0 radical (unpaired) electrons. The van der Waals surface area contributed by atoms with E-state index >= 15 is 0 Å². The molecule has 2 rings (SSSR count). The molecule has 0 fully saturated rings. The van der Waals surface area contributed by atoms with E-state index in [1.165, 1.54) is 9.35 Å². The van der Waals surface area contributed by atoms with Crippen LogP contribution in [0.15, 0.2) is 38.7 Å². The molecule has 0 saturated heterocycles. The van der Waals surface area contributed by atoms with Gasteiger partial charge in [0.1, 0.15) is 5.76 Å². The summed E-state index contributed by atoms with van der Waals surface area (Å²) >= 11 is 5.29. The Morgan fingerprint density at radius 2 is 2.38 bits per heavy atom. The Bertz CT molecular complexity index is 424. The van der Waals surface area contributed by atoms with Crippen LogP contribution in [0.3, 0.4) is 0 Å². The number of halogens is 1. The molecule has 1 unspecified atom stereocenters. The summed E-state index contributed by atoms with van der Waals surface area (Å²) in [5.74, 6) is 1.01. The summed E-state index contributed by atoms with van der Waals surface area (Å²) in [7, 11) is 0. The molecule has 16 heavy (non-hydrogen) atoms. The van der Waals surface area contributed by atoms with Crippen molar-refractivity contribution in [2.45, 2.75) is 25.9 Å². The van der Waals surface area contributed by atoms with E-state index in [-0.39, 0.29) is 0 Å². The van der Waals surface area contributed by atoms with Gasteiger partial charge in [-0.25, -0.2) is 0 Å². The van der Waals surface area contributed by atoms with Crippen molar-refractivity contribution >= 4 is 27.3 Å². The maximum absolute atomic E-state index is 5.42. The van der Waals surface area contributed by atoms with Crippen LogP contribution in [0.2, 0.25) is 0 Å². The summed E-state index contributed by atoms with van der Waals surface area (Å²) in [6.07, 6.45) is 2.75. The average Bonchev–Trinajstić information content (AvgIpc) is 2.92. The van der Waals surface area contributed by atoms with Gasteiger partial charge in [-0.3, -0.25) is 0 Å². The van der Waals surface area contributed by atoms with Gasteiger partial charge in [0, 0.05) is 15.9 Å². The fourth-order valence-corrected chi connectivity index (χ4v) is 3.05. The third-order valence-corrected chi connectivity index (χ3v) is 4.42. The Balaban J connectivity index is 1.96. The molecule has 1 atom stereocenters. The van der Waals surface area contributed by atoms with E-state index in [2.05, 4.69) is 39.6 Å². The van der Waals surface area contributed by atoms with E-state index in [0.29, 0.717) is 6.04 Å². The van der Waals surface area contributed by atoms with Crippen LogP contribution in [0.25, 0.3) is 0 Å². The smallest absolute Gasteiger partial charge is 0.120 e. The third kappa shape index (κ3) is 2.75. The van der Waals surface area contributed by atoms with Gasteiger partial charge in [0.05, 0.1) is 12.3 Å². The van der Waals surface area contributed by atoms with Gasteiger partial charge in [-0.15, -0.1) is 11.3 Å². The van der Waals surface area contributed by atoms with Gasteiger partial charge in [-0.2, -0.15) is 0 Å². The molecular weight excluding hydrogens is 286 g/mol. The molecule has 1 N–H and O–H groups in total. The molecule has 0 saturated carbocycles. The zero-order valence-corrected chi connectivity index (χ0v) is 11.5. The number of furan rings is 1. The van der Waals surface area contributed by atoms with E-state index in [0.717, 1.165) is 18.7 Å². The van der Waals surface area contributed by atoms with Crippen LogP contribution in [-0.2, 0) is 6.54 Å². The van der Waals surface area contributed by atoms with Gasteiger partial charge in [-0.05, 0) is 45.9 Å². The second-order valence-corrected chi connectivity index (χ2v) is 5.40. The van der Waals surface area contributed by atoms with Crippen molar-refractivity contribution in [3.8, 4) is 0 Å². The topological polar surface area (TPSA) is 25.2 Å². The fourth-order valence-electron chi connectivity index (χ4n) is 1.60. The van der Waals surface area contributed by atoms with Crippen LogP contribution in [0.5, 0.6) is 0 Å². The lowest BCUT2D eigenvalue weighted by Gasteiger charge is -2.13. The van der Waals surface area contributed by atoms with Crippen molar-refractivity contribution in [1.82, 2.24) is 5.32 Å². The molecule has 0 amide bonds. The Morgan fingerprint density at radius 1 is 1.50 bits per heavy atom. The summed E-state index contributed by atoms with van der Waals surface area (Å²) in [5.41, 5.74) is 0. The normalized spacial score (nSPS) is 12.9. The molecule has 0 aliphatic heterocycles. The van der Waals surface area contributed by atoms with E-state index < -0.39 is 0 Å². The van der Waals surface area contributed by atoms with Gasteiger partial charge in [0.2, 0.25) is 0 Å². The van der Waals surface area contributed by atoms with Gasteiger partial charge >= 0.3 is 0 Å². The lowest BCUT2D eigenvalue weighted by atomic mass is 10.2. The predicted octanol–water partition coefficient (Wildman–Crippen LogP) is 4.34. The summed E-state index contributed by atoms with van der Waals surface area (Å²) in [6, 6.07) is 6.32. The monoisotopic (exact) mass is 299 g/mol. The summed E-state index contributed by atoms with van der Waals surface area (Å²) in [4.78, 5) is 1.32. The molecule has 0 aliphatic carbocycles. The van der Waals surface area contributed by atoms with Gasteiger partial charge in [-0.1, -0.05) is 6.92 Å². The van der Waals surface area contributed by atoms with Crippen molar-refractivity contribution < 1.29 is 4.42 Å². The Morgan fingerprint density at radius 3 is 2.94 bits per heavy atom. The quantitative estimate of drug-likeness (QED) is 0.888. The Labute approximate surface area is 108 Å². The van der Waals surface area contributed by atoms with Crippen molar-refractivity contribution in [2.24, 2.45) is 0 Å². The number of hydrogen-bond acceptors (Lipinski definition) is 3. The molecule has 2 aromatic heterocycles. The molecule has 2 nitrogen and oxygen atoms in total. The summed E-state index contributed by atoms with van der Waals surface area (Å²) < 4.78 is 6.60. The van der Waals surface area contributed by atoms with Crippen molar-refractivity contribution in [3.05, 3.63) is 45.0 Å². The standard InChI is InChI=1S/C12H14BrNOS/c1-2-10(11-4-3-6-15-11)14-8-12-9(13)5-7-16-12/h3-7,10,14H,2,8H2,1H3. The Hall–Kier alpha value is -0.580. The molecule has 0 aliphatic rings. The van der Waals surface area contributed by atoms with E-state index in [1.54, 1.807) is 17.6 Å². The highest BCUT2D eigenvalue weighted by Crippen LogP contribution is 2.24. The zero-order valence-electron chi connectivity index (χ0n) is 9.07. The molecule has 4 heteroatoms. The lowest BCUT2D eigenvalue weighted by Crippen LogP contribution is -2.19. The lowest BCUT2D eigenvalue weighted by molar-refractivity contribution is 0.404. The highest BCUT2D eigenvalue weighted by Gasteiger charge is 2.12. The highest BCUT2D eigenvalue weighted by molar-refractivity contribution is 9.10. The number of rotatable bonds is 5. The predicted molar refractivity (Wildman–Crippen MR) is 70.6 cm³/mol. The molecule has 0 bridgehead atoms. The minimum Gasteiger partial charge on any atom is -0.468 e. The molecular formula is C12H14BrNOS. The van der Waals surface area contributed by atoms with Crippen LogP contribution in [0.4, 0.5) is 0 Å². The summed E-state index contributed by atoms with van der Waals surface area (Å²) in [6.45, 7) is 3.03. The maximum atomic E-state index is 5.42. The molecule has 0 aromatic carbocycles. The molecule has 2 aromatic rings. The van der Waals surface area contributed by atoms with Crippen molar-refractivity contribution in [3.63, 3.8) is 0 Å². The van der Waals surface area contributed by atoms with Crippen molar-refractivity contribution in [1.29, 1.82) is 0 Å². The zero-order chi connectivity index (χ0) is 11.4. The first-order valence-corrected chi connectivity index (χ1v) is 6.97. The highest BCUT2D eigenvalue weighted by atomic mass is 79.9. The summed E-state index contributed by atoms with van der Waals surface area (Å²) in [5, 5.41) is 5.59. The Kier molecular flexibility index (Phi) is 4.21. The van der Waals surface area contributed by atoms with Crippen LogP contribution in [0.1, 0.15) is 30.0 Å². The molecule has 2 heterocycles. The maximum Gasteiger partial charge on any atom is 0.120 e. The van der Waals surface area contributed by atoms with Crippen LogP contribution in [0, 0.1) is 0 Å². The largest absolute Gasteiger partial charge is 0.468 e. The van der Waals surface area contributed by atoms with Gasteiger partial charge < -0.3 is 9.73 Å². The van der Waals surface area contributed by atoms with Gasteiger partial charge in [0.15, 0.2) is 0 Å². The molecule has 86 valence electrons. The SMILES string of the molecule is CCC(NCc1sccc1Br)c1ccco1. The first-order valence-electron chi connectivity index (χ1n) is 5.30. The second-order valence-electron chi connectivity index (χ2n) is 3.55. The number of thiophene rings is 1. The van der Waals surface area contributed by atoms with E-state index in [4.69, 9.17) is 4.42 Å². The van der Waals surface area contributed by atoms with Crippen LogP contribution in [-0.4, -0.2) is 0 Å². The second kappa shape index (κ2) is 5.66. The molecule has 0 spiro atoms. The minimum atomic E-state index is 0.295. The van der Waals surface area contributed by atoms with E-state index in [1.807, 2.05) is 12.1 Å². The van der Waals surface area contributed by atoms with E-state index in [9.17, 15) is 0 Å². The number of nitrogens with one attached hydrogen (secondary N) is 1. The van der Waals surface area contributed by atoms with Crippen LogP contribution >= 0.6 is 27.3 Å². The first kappa shape index (κ1) is 11.9. The average molecular weight is 300 g/mol.